The molecule has 0 unspecified atom stereocenters. The number of hydrogen-bond acceptors (Lipinski definition) is 5. The predicted octanol–water partition coefficient (Wildman–Crippen LogP) is -1.67. The molecule has 64 valence electrons. The van der Waals surface area contributed by atoms with E-state index in [1.807, 2.05) is 0 Å². The topological polar surface area (TPSA) is 118 Å². The summed E-state index contributed by atoms with van der Waals surface area (Å²) in [5.74, 6) is 0. The average molecular weight is 274 g/mol. The van der Waals surface area contributed by atoms with E-state index in [2.05, 4.69) is 2.84 Å². The Hall–Kier alpha value is 0.664. The average Bonchev–Trinajstić information content (AvgIpc) is 1.14. The number of hydrogen-bond donors (Lipinski definition) is 2. The molecule has 0 spiro atoms. The standard InChI is InChI=1S/2Cr.Fe.2H2O.5O/h;;;2*1H2;;;;;/q2*+1;;;;;;;;/p-2. The van der Waals surface area contributed by atoms with Gasteiger partial charge in [-0.25, -0.2) is 0 Å². The Balaban J connectivity index is 0. The fraction of sp³-hybridized carbons (Fsp3) is 0. The summed E-state index contributed by atoms with van der Waals surface area (Å²) in [5, 5.41) is 0. The molecule has 0 aromatic rings. The zero-order valence-electron chi connectivity index (χ0n) is 4.11. The van der Waals surface area contributed by atoms with E-state index in [9.17, 15) is 15.2 Å². The molecule has 0 aromatic heterocycles. The zero-order chi connectivity index (χ0) is 7.71. The van der Waals surface area contributed by atoms with Crippen LogP contribution in [-0.2, 0) is 62.3 Å². The fourth-order valence-electron chi connectivity index (χ4n) is 0.109. The van der Waals surface area contributed by atoms with Crippen LogP contribution in [-0.4, -0.2) is 8.32 Å². The molecule has 0 radical (unpaired) electrons. The molecule has 0 bridgehead atoms. The first-order valence-electron chi connectivity index (χ1n) is 1.37. The van der Waals surface area contributed by atoms with Crippen molar-refractivity contribution >= 4 is 0 Å². The Labute approximate surface area is 70.6 Å². The van der Waals surface area contributed by atoms with Gasteiger partial charge < -0.3 is 0 Å². The molecule has 0 fully saturated rings. The van der Waals surface area contributed by atoms with Crippen LogP contribution in [0.3, 0.4) is 0 Å². The Bertz CT molecular complexity index is 237. The summed E-state index contributed by atoms with van der Waals surface area (Å²) in [6, 6.07) is 0. The first kappa shape index (κ1) is 13.3. The Kier molecular flexibility index (Phi) is 5.16. The third kappa shape index (κ3) is 11.5. The Morgan fingerprint density at radius 2 is 1.10 bits per heavy atom. The summed E-state index contributed by atoms with van der Waals surface area (Å²) >= 11 is -11.5. The third-order valence-electron chi connectivity index (χ3n) is 0.172. The summed E-state index contributed by atoms with van der Waals surface area (Å²) in [6.07, 6.45) is 0. The molecule has 0 amide bonds. The van der Waals surface area contributed by atoms with Crippen molar-refractivity contribution in [1.82, 2.24) is 0 Å². The van der Waals surface area contributed by atoms with E-state index in [1.54, 1.807) is 0 Å². The Morgan fingerprint density at radius 3 is 1.10 bits per heavy atom. The van der Waals surface area contributed by atoms with Crippen LogP contribution in [0.15, 0.2) is 0 Å². The van der Waals surface area contributed by atoms with Crippen LogP contribution in [0.2, 0.25) is 0 Å². The quantitative estimate of drug-likeness (QED) is 0.578. The summed E-state index contributed by atoms with van der Waals surface area (Å²) in [4.78, 5) is 0. The monoisotopic (exact) mass is 274 g/mol. The van der Waals surface area contributed by atoms with Crippen LogP contribution >= 0.6 is 0 Å². The van der Waals surface area contributed by atoms with E-state index in [4.69, 9.17) is 8.32 Å². The van der Waals surface area contributed by atoms with Crippen molar-refractivity contribution < 1.29 is 70.7 Å². The van der Waals surface area contributed by atoms with Crippen molar-refractivity contribution in [2.45, 2.75) is 0 Å². The normalized spacial score (nSPS) is 12.2. The van der Waals surface area contributed by atoms with Gasteiger partial charge in [0.15, 0.2) is 0 Å². The Morgan fingerprint density at radius 1 is 0.900 bits per heavy atom. The molecule has 0 rings (SSSR count). The van der Waals surface area contributed by atoms with E-state index in [-0.39, 0.29) is 17.1 Å². The van der Waals surface area contributed by atoms with Gasteiger partial charge in [-0.1, -0.05) is 0 Å². The zero-order valence-corrected chi connectivity index (χ0v) is 7.76. The van der Waals surface area contributed by atoms with Crippen LogP contribution in [0.4, 0.5) is 0 Å². The van der Waals surface area contributed by atoms with Gasteiger partial charge in [-0.2, -0.15) is 0 Å². The molecule has 7 nitrogen and oxygen atoms in total. The van der Waals surface area contributed by atoms with Gasteiger partial charge in [0.05, 0.1) is 0 Å². The summed E-state index contributed by atoms with van der Waals surface area (Å²) in [6.45, 7) is 0. The second-order valence-electron chi connectivity index (χ2n) is 0.924. The van der Waals surface area contributed by atoms with Crippen LogP contribution in [0.1, 0.15) is 0 Å². The van der Waals surface area contributed by atoms with Crippen molar-refractivity contribution in [1.29, 1.82) is 0 Å². The molecule has 0 saturated carbocycles. The van der Waals surface area contributed by atoms with Crippen molar-refractivity contribution in [2.75, 3.05) is 0 Å². The van der Waals surface area contributed by atoms with Gasteiger partial charge in [-0.05, 0) is 0 Å². The van der Waals surface area contributed by atoms with E-state index < -0.39 is 27.2 Å². The maximum atomic E-state index is 9.53. The van der Waals surface area contributed by atoms with Crippen LogP contribution in [0.25, 0.3) is 0 Å². The minimum absolute atomic E-state index is 0. The maximum absolute atomic E-state index is 9.53. The van der Waals surface area contributed by atoms with Crippen LogP contribution < -0.4 is 0 Å². The minimum atomic E-state index is -5.76. The van der Waals surface area contributed by atoms with Crippen LogP contribution in [0, 0.1) is 0 Å². The van der Waals surface area contributed by atoms with Gasteiger partial charge in [0.2, 0.25) is 0 Å². The first-order valence-corrected chi connectivity index (χ1v) is 5.63. The van der Waals surface area contributed by atoms with Gasteiger partial charge >= 0.3 is 53.6 Å². The van der Waals surface area contributed by atoms with E-state index in [1.165, 1.54) is 0 Å². The van der Waals surface area contributed by atoms with Crippen molar-refractivity contribution in [3.8, 4) is 0 Å². The molecule has 0 aromatic carbocycles. The summed E-state index contributed by atoms with van der Waals surface area (Å²) < 4.78 is 56.3. The predicted molar refractivity (Wildman–Crippen MR) is 8.27 cm³/mol. The molecule has 10 heteroatoms. The summed E-state index contributed by atoms with van der Waals surface area (Å²) in [5.41, 5.74) is 0. The van der Waals surface area contributed by atoms with E-state index in [0.29, 0.717) is 0 Å². The number of rotatable bonds is 2. The van der Waals surface area contributed by atoms with E-state index >= 15 is 0 Å². The second kappa shape index (κ2) is 3.89. The molecule has 0 aliphatic rings. The van der Waals surface area contributed by atoms with Crippen molar-refractivity contribution in [3.63, 3.8) is 0 Å². The molecule has 0 aliphatic heterocycles. The van der Waals surface area contributed by atoms with Gasteiger partial charge in [0, 0.05) is 17.1 Å². The first-order chi connectivity index (χ1) is 3.71. The van der Waals surface area contributed by atoms with Crippen molar-refractivity contribution in [3.05, 3.63) is 0 Å². The van der Waals surface area contributed by atoms with Gasteiger partial charge in [-0.3, -0.25) is 0 Å². The molecular formula is H2Cr2FeO7. The van der Waals surface area contributed by atoms with Crippen LogP contribution in [0.5, 0.6) is 0 Å². The molecule has 10 heavy (non-hydrogen) atoms. The second-order valence-corrected chi connectivity index (χ2v) is 4.68. The van der Waals surface area contributed by atoms with Gasteiger partial charge in [0.25, 0.3) is 0 Å². The molecular weight excluding hydrogens is 272 g/mol. The fourth-order valence-corrected chi connectivity index (χ4v) is 1.85. The molecule has 0 saturated heterocycles. The van der Waals surface area contributed by atoms with E-state index in [0.717, 1.165) is 0 Å². The van der Waals surface area contributed by atoms with Crippen molar-refractivity contribution in [2.24, 2.45) is 0 Å². The van der Waals surface area contributed by atoms with Gasteiger partial charge in [-0.15, -0.1) is 0 Å². The molecule has 0 heterocycles. The molecule has 0 atom stereocenters. The SMILES string of the molecule is [Fe].[O]=[Cr](=[O])([OH])[O][Cr](=[O])(=[O])[OH]. The third-order valence-corrected chi connectivity index (χ3v) is 2.92. The van der Waals surface area contributed by atoms with Gasteiger partial charge in [0.1, 0.15) is 0 Å². The summed E-state index contributed by atoms with van der Waals surface area (Å²) in [7, 11) is 0. The molecule has 0 aliphatic carbocycles. The molecule has 2 N–H and O–H groups in total.